The number of ether oxygens (including phenoxy) is 1. The monoisotopic (exact) mass is 430 g/mol. The zero-order valence-electron chi connectivity index (χ0n) is 18.7. The number of carbonyl (C=O) groups is 2. The summed E-state index contributed by atoms with van der Waals surface area (Å²) in [6.45, 7) is 4.85. The number of amides is 1. The molecule has 5 heteroatoms. The molecule has 3 aromatic rings. The van der Waals surface area contributed by atoms with E-state index in [9.17, 15) is 9.59 Å². The van der Waals surface area contributed by atoms with E-state index in [-0.39, 0.29) is 29.8 Å². The molecule has 1 aliphatic carbocycles. The summed E-state index contributed by atoms with van der Waals surface area (Å²) in [5.41, 5.74) is 2.51. The molecule has 2 aromatic carbocycles. The number of rotatable bonds is 9. The second kappa shape index (κ2) is 9.94. The number of esters is 1. The smallest absolute Gasteiger partial charge is 0.309 e. The fourth-order valence-corrected chi connectivity index (χ4v) is 4.21. The van der Waals surface area contributed by atoms with E-state index in [0.29, 0.717) is 18.8 Å². The number of benzene rings is 2. The molecule has 1 aromatic heterocycles. The average Bonchev–Trinajstić information content (AvgIpc) is 3.60. The zero-order valence-corrected chi connectivity index (χ0v) is 18.7. The molecule has 32 heavy (non-hydrogen) atoms. The number of aryl methyl sites for hydroxylation is 1. The number of hydrogen-bond donors (Lipinski definition) is 0. The Bertz CT molecular complexity index is 1080. The Hall–Kier alpha value is -3.21. The SMILES string of the molecule is CCOC(=O)C1CC1CN(C(=O)c1ccc2ccccc2n1)C(C)CCc1ccccc1. The number of nitrogens with zero attached hydrogens (tertiary/aromatic N) is 2. The number of pyridine rings is 1. The molecule has 1 fully saturated rings. The van der Waals surface area contributed by atoms with Crippen molar-refractivity contribution in [2.45, 2.75) is 39.2 Å². The average molecular weight is 431 g/mol. The van der Waals surface area contributed by atoms with Gasteiger partial charge in [0.2, 0.25) is 0 Å². The van der Waals surface area contributed by atoms with Crippen molar-refractivity contribution in [1.29, 1.82) is 0 Å². The minimum absolute atomic E-state index is 0.0272. The molecule has 0 spiro atoms. The zero-order chi connectivity index (χ0) is 22.5. The van der Waals surface area contributed by atoms with Crippen molar-refractivity contribution in [3.8, 4) is 0 Å². The van der Waals surface area contributed by atoms with Gasteiger partial charge in [-0.2, -0.15) is 0 Å². The fraction of sp³-hybridized carbons (Fsp3) is 0.370. The summed E-state index contributed by atoms with van der Waals surface area (Å²) in [6.07, 6.45) is 2.52. The van der Waals surface area contributed by atoms with Crippen LogP contribution in [0.3, 0.4) is 0 Å². The van der Waals surface area contributed by atoms with E-state index in [0.717, 1.165) is 30.2 Å². The van der Waals surface area contributed by atoms with Gasteiger partial charge in [0.1, 0.15) is 5.69 Å². The van der Waals surface area contributed by atoms with Crippen LogP contribution in [0.25, 0.3) is 10.9 Å². The van der Waals surface area contributed by atoms with E-state index in [2.05, 4.69) is 24.0 Å². The second-order valence-electron chi connectivity index (χ2n) is 8.57. The summed E-state index contributed by atoms with van der Waals surface area (Å²) in [4.78, 5) is 32.2. The van der Waals surface area contributed by atoms with Gasteiger partial charge in [-0.1, -0.05) is 54.6 Å². The maximum atomic E-state index is 13.6. The predicted molar refractivity (Wildman–Crippen MR) is 125 cm³/mol. The van der Waals surface area contributed by atoms with Gasteiger partial charge >= 0.3 is 5.97 Å². The molecule has 5 nitrogen and oxygen atoms in total. The van der Waals surface area contributed by atoms with Crippen molar-refractivity contribution < 1.29 is 14.3 Å². The van der Waals surface area contributed by atoms with Crippen molar-refractivity contribution in [3.05, 3.63) is 78.0 Å². The molecule has 0 N–H and O–H groups in total. The highest BCUT2D eigenvalue weighted by Gasteiger charge is 2.46. The number of aromatic nitrogens is 1. The van der Waals surface area contributed by atoms with Gasteiger partial charge in [-0.3, -0.25) is 9.59 Å². The van der Waals surface area contributed by atoms with Crippen LogP contribution in [0.15, 0.2) is 66.7 Å². The molecule has 4 rings (SSSR count). The number of hydrogen-bond acceptors (Lipinski definition) is 4. The van der Waals surface area contributed by atoms with Crippen molar-refractivity contribution in [2.75, 3.05) is 13.2 Å². The van der Waals surface area contributed by atoms with Crippen LogP contribution in [0.1, 0.15) is 42.7 Å². The van der Waals surface area contributed by atoms with E-state index in [1.807, 2.05) is 60.4 Å². The lowest BCUT2D eigenvalue weighted by atomic mass is 10.0. The first-order chi connectivity index (χ1) is 15.6. The quantitative estimate of drug-likeness (QED) is 0.453. The van der Waals surface area contributed by atoms with Crippen LogP contribution < -0.4 is 0 Å². The first-order valence-electron chi connectivity index (χ1n) is 11.4. The Kier molecular flexibility index (Phi) is 6.84. The summed E-state index contributed by atoms with van der Waals surface area (Å²) in [7, 11) is 0. The first-order valence-corrected chi connectivity index (χ1v) is 11.4. The lowest BCUT2D eigenvalue weighted by Gasteiger charge is -2.29. The predicted octanol–water partition coefficient (Wildman–Crippen LogP) is 4.90. The molecule has 1 amide bonds. The molecule has 0 saturated heterocycles. The topological polar surface area (TPSA) is 59.5 Å². The van der Waals surface area contributed by atoms with Crippen LogP contribution >= 0.6 is 0 Å². The van der Waals surface area contributed by atoms with Gasteiger partial charge < -0.3 is 9.64 Å². The maximum absolute atomic E-state index is 13.6. The molecule has 0 bridgehead atoms. The Labute approximate surface area is 189 Å². The molecule has 166 valence electrons. The molecule has 3 unspecified atom stereocenters. The lowest BCUT2D eigenvalue weighted by molar-refractivity contribution is -0.145. The second-order valence-corrected chi connectivity index (χ2v) is 8.57. The van der Waals surface area contributed by atoms with Gasteiger partial charge in [-0.05, 0) is 56.7 Å². The van der Waals surface area contributed by atoms with Crippen LogP contribution in [0.2, 0.25) is 0 Å². The van der Waals surface area contributed by atoms with Gasteiger partial charge in [-0.25, -0.2) is 4.98 Å². The van der Waals surface area contributed by atoms with Crippen molar-refractivity contribution in [1.82, 2.24) is 9.88 Å². The highest BCUT2D eigenvalue weighted by Crippen LogP contribution is 2.40. The normalized spacial score (nSPS) is 18.2. The summed E-state index contributed by atoms with van der Waals surface area (Å²) < 4.78 is 5.18. The highest BCUT2D eigenvalue weighted by atomic mass is 16.5. The van der Waals surface area contributed by atoms with E-state index in [1.54, 1.807) is 6.07 Å². The minimum atomic E-state index is -0.148. The minimum Gasteiger partial charge on any atom is -0.466 e. The van der Waals surface area contributed by atoms with Crippen molar-refractivity contribution >= 4 is 22.8 Å². The maximum Gasteiger partial charge on any atom is 0.309 e. The van der Waals surface area contributed by atoms with Crippen molar-refractivity contribution in [3.63, 3.8) is 0 Å². The van der Waals surface area contributed by atoms with E-state index in [1.165, 1.54) is 5.56 Å². The van der Waals surface area contributed by atoms with Crippen LogP contribution in [0.4, 0.5) is 0 Å². The molecule has 1 heterocycles. The Morgan fingerprint density at radius 2 is 1.81 bits per heavy atom. The highest BCUT2D eigenvalue weighted by molar-refractivity contribution is 5.95. The van der Waals surface area contributed by atoms with E-state index < -0.39 is 0 Å². The van der Waals surface area contributed by atoms with Crippen LogP contribution in [-0.2, 0) is 16.0 Å². The van der Waals surface area contributed by atoms with Gasteiger partial charge in [0.15, 0.2) is 0 Å². The molecule has 1 aliphatic rings. The van der Waals surface area contributed by atoms with Gasteiger partial charge in [0.05, 0.1) is 18.0 Å². The molecule has 1 saturated carbocycles. The third-order valence-corrected chi connectivity index (χ3v) is 6.25. The summed E-state index contributed by atoms with van der Waals surface area (Å²) in [5.74, 6) is -0.176. The Morgan fingerprint density at radius 1 is 1.06 bits per heavy atom. The van der Waals surface area contributed by atoms with Gasteiger partial charge in [-0.15, -0.1) is 0 Å². The number of carbonyl (C=O) groups excluding carboxylic acids is 2. The molecule has 0 aliphatic heterocycles. The van der Waals surface area contributed by atoms with Gasteiger partial charge in [0, 0.05) is 18.0 Å². The van der Waals surface area contributed by atoms with E-state index in [4.69, 9.17) is 4.74 Å². The summed E-state index contributed by atoms with van der Waals surface area (Å²) >= 11 is 0. The summed E-state index contributed by atoms with van der Waals surface area (Å²) in [6, 6.07) is 21.9. The molecule has 0 radical (unpaired) electrons. The third kappa shape index (κ3) is 5.16. The van der Waals surface area contributed by atoms with Crippen LogP contribution in [-0.4, -0.2) is 41.0 Å². The Morgan fingerprint density at radius 3 is 2.59 bits per heavy atom. The number of fused-ring (bicyclic) bond motifs is 1. The van der Waals surface area contributed by atoms with Crippen LogP contribution in [0, 0.1) is 11.8 Å². The molecular formula is C27H30N2O3. The summed E-state index contributed by atoms with van der Waals surface area (Å²) in [5, 5.41) is 1.01. The largest absolute Gasteiger partial charge is 0.466 e. The van der Waals surface area contributed by atoms with Gasteiger partial charge in [0.25, 0.3) is 5.91 Å². The Balaban J connectivity index is 1.51. The fourth-order valence-electron chi connectivity index (χ4n) is 4.21. The van der Waals surface area contributed by atoms with Crippen LogP contribution in [0.5, 0.6) is 0 Å². The number of para-hydroxylation sites is 1. The lowest BCUT2D eigenvalue weighted by Crippen LogP contribution is -2.41. The standard InChI is InChI=1S/C27H30N2O3/c1-3-32-27(31)23-17-22(23)18-29(19(2)13-14-20-9-5-4-6-10-20)26(30)25-16-15-21-11-7-8-12-24(21)28-25/h4-12,15-16,19,22-23H,3,13-14,17-18H2,1-2H3. The first kappa shape index (κ1) is 22.0. The van der Waals surface area contributed by atoms with E-state index >= 15 is 0 Å². The third-order valence-electron chi connectivity index (χ3n) is 6.25. The molecule has 3 atom stereocenters. The van der Waals surface area contributed by atoms with Crippen molar-refractivity contribution in [2.24, 2.45) is 11.8 Å². The molecular weight excluding hydrogens is 400 g/mol.